The highest BCUT2D eigenvalue weighted by Gasteiger charge is 2.38. The van der Waals surface area contributed by atoms with E-state index in [4.69, 9.17) is 9.47 Å². The maximum Gasteiger partial charge on any atom is 0.471 e. The van der Waals surface area contributed by atoms with Crippen molar-refractivity contribution in [1.82, 2.24) is 5.32 Å². The summed E-state index contributed by atoms with van der Waals surface area (Å²) >= 11 is 0. The Balaban J connectivity index is 2.94. The van der Waals surface area contributed by atoms with Crippen molar-refractivity contribution in [1.29, 1.82) is 0 Å². The maximum atomic E-state index is 12.4. The Hall–Kier alpha value is -2.32. The summed E-state index contributed by atoms with van der Waals surface area (Å²) in [6.45, 7) is -0.301. The Bertz CT molecular complexity index is 595. The van der Waals surface area contributed by atoms with Crippen LogP contribution < -0.4 is 14.8 Å². The number of hydrogen-bond donors (Lipinski definition) is 1. The number of carbonyl (C=O) groups excluding carboxylic acids is 1. The van der Waals surface area contributed by atoms with Gasteiger partial charge in [0.1, 0.15) is 11.5 Å². The minimum absolute atomic E-state index is 0.00343. The molecule has 0 spiro atoms. The molecule has 1 N–H and O–H groups in total. The van der Waals surface area contributed by atoms with E-state index in [1.54, 1.807) is 5.32 Å². The van der Waals surface area contributed by atoms with E-state index in [-0.39, 0.29) is 30.0 Å². The summed E-state index contributed by atoms with van der Waals surface area (Å²) in [7, 11) is 2.56. The fourth-order valence-electron chi connectivity index (χ4n) is 1.82. The van der Waals surface area contributed by atoms with Crippen LogP contribution in [0, 0.1) is 0 Å². The number of rotatable bonds is 6. The van der Waals surface area contributed by atoms with Crippen LogP contribution in [0.15, 0.2) is 18.2 Å². The highest BCUT2D eigenvalue weighted by Crippen LogP contribution is 2.31. The number of alkyl halides is 3. The summed E-state index contributed by atoms with van der Waals surface area (Å²) in [6.07, 6.45) is -6.31. The van der Waals surface area contributed by atoms with Crippen molar-refractivity contribution in [2.75, 3.05) is 20.8 Å². The van der Waals surface area contributed by atoms with Crippen LogP contribution in [0.4, 0.5) is 22.0 Å². The molecule has 0 aliphatic rings. The largest absolute Gasteiger partial charge is 0.496 e. The molecule has 0 aliphatic carbocycles. The molecular weight excluding hydrogens is 325 g/mol. The summed E-state index contributed by atoms with van der Waals surface area (Å²) < 4.78 is 71.0. The molecule has 0 radical (unpaired) electrons. The third-order valence-electron chi connectivity index (χ3n) is 2.83. The van der Waals surface area contributed by atoms with Crippen molar-refractivity contribution in [3.05, 3.63) is 29.3 Å². The van der Waals surface area contributed by atoms with Gasteiger partial charge in [-0.1, -0.05) is 0 Å². The van der Waals surface area contributed by atoms with Gasteiger partial charge < -0.3 is 14.8 Å². The number of ether oxygens (including phenoxy) is 2. The number of halogens is 5. The molecular formula is C14H14F5NO3. The summed E-state index contributed by atoms with van der Waals surface area (Å²) in [4.78, 5) is 10.7. The molecule has 4 nitrogen and oxygen atoms in total. The van der Waals surface area contributed by atoms with Crippen LogP contribution in [-0.2, 0) is 11.2 Å². The number of methoxy groups -OCH3 is 2. The van der Waals surface area contributed by atoms with Gasteiger partial charge in [-0.15, -0.1) is 0 Å². The number of amides is 1. The van der Waals surface area contributed by atoms with Gasteiger partial charge in [0, 0.05) is 18.2 Å². The molecule has 0 aromatic heterocycles. The van der Waals surface area contributed by atoms with Crippen molar-refractivity contribution >= 4 is 12.0 Å². The van der Waals surface area contributed by atoms with Crippen LogP contribution in [0.25, 0.3) is 6.08 Å². The highest BCUT2D eigenvalue weighted by atomic mass is 19.4. The minimum atomic E-state index is -4.96. The van der Waals surface area contributed by atoms with Crippen molar-refractivity contribution < 1.29 is 36.2 Å². The van der Waals surface area contributed by atoms with E-state index < -0.39 is 18.2 Å². The standard InChI is InChI=1S/C14H14F5NO3/c1-22-10-6-9(7-12(15)16)11(23-2)5-8(10)3-4-20-13(21)14(17,18)19/h5-7H,3-4H2,1-2H3,(H,20,21). The first-order valence-corrected chi connectivity index (χ1v) is 6.31. The van der Waals surface area contributed by atoms with Gasteiger partial charge >= 0.3 is 12.1 Å². The van der Waals surface area contributed by atoms with E-state index in [1.165, 1.54) is 26.4 Å². The molecule has 1 rings (SSSR count). The summed E-state index contributed by atoms with van der Waals surface area (Å²) in [5, 5.41) is 1.71. The van der Waals surface area contributed by atoms with Crippen molar-refractivity contribution in [3.8, 4) is 11.5 Å². The van der Waals surface area contributed by atoms with E-state index in [9.17, 15) is 26.7 Å². The molecule has 0 saturated carbocycles. The SMILES string of the molecule is COc1cc(CCNC(=O)C(F)(F)F)c(OC)cc1C=C(F)F. The Morgan fingerprint density at radius 1 is 1.17 bits per heavy atom. The van der Waals surface area contributed by atoms with E-state index in [0.717, 1.165) is 0 Å². The third kappa shape index (κ3) is 5.42. The number of benzene rings is 1. The molecule has 0 heterocycles. The zero-order chi connectivity index (χ0) is 17.6. The molecule has 23 heavy (non-hydrogen) atoms. The first-order valence-electron chi connectivity index (χ1n) is 6.31. The van der Waals surface area contributed by atoms with Crippen LogP contribution in [0.2, 0.25) is 0 Å². The van der Waals surface area contributed by atoms with E-state index >= 15 is 0 Å². The average molecular weight is 339 g/mol. The van der Waals surface area contributed by atoms with Crippen LogP contribution in [-0.4, -0.2) is 32.8 Å². The summed E-state index contributed by atoms with van der Waals surface area (Å²) in [6, 6.07) is 2.65. The zero-order valence-corrected chi connectivity index (χ0v) is 12.3. The molecule has 9 heteroatoms. The summed E-state index contributed by atoms with van der Waals surface area (Å²) in [5.74, 6) is -1.75. The van der Waals surface area contributed by atoms with Gasteiger partial charge in [-0.25, -0.2) is 0 Å². The lowest BCUT2D eigenvalue weighted by Gasteiger charge is -2.14. The number of hydrogen-bond acceptors (Lipinski definition) is 3. The predicted molar refractivity (Wildman–Crippen MR) is 72.5 cm³/mol. The van der Waals surface area contributed by atoms with Crippen LogP contribution in [0.3, 0.4) is 0 Å². The molecule has 0 unspecified atom stereocenters. The van der Waals surface area contributed by atoms with Gasteiger partial charge in [-0.05, 0) is 24.1 Å². The molecule has 1 amide bonds. The van der Waals surface area contributed by atoms with E-state index in [2.05, 4.69) is 0 Å². The van der Waals surface area contributed by atoms with Crippen molar-refractivity contribution in [3.63, 3.8) is 0 Å². The third-order valence-corrected chi connectivity index (χ3v) is 2.83. The van der Waals surface area contributed by atoms with Gasteiger partial charge in [-0.3, -0.25) is 4.79 Å². The van der Waals surface area contributed by atoms with Gasteiger partial charge in [0.05, 0.1) is 14.2 Å². The van der Waals surface area contributed by atoms with E-state index in [0.29, 0.717) is 11.6 Å². The predicted octanol–water partition coefficient (Wildman–Crippen LogP) is 3.16. The topological polar surface area (TPSA) is 47.6 Å². The maximum absolute atomic E-state index is 12.4. The Kier molecular flexibility index (Phi) is 6.35. The van der Waals surface area contributed by atoms with Crippen molar-refractivity contribution in [2.24, 2.45) is 0 Å². The average Bonchev–Trinajstić information content (AvgIpc) is 2.46. The monoisotopic (exact) mass is 339 g/mol. The normalized spacial score (nSPS) is 10.9. The number of nitrogens with one attached hydrogen (secondary N) is 1. The fraction of sp³-hybridized carbons (Fsp3) is 0.357. The first-order chi connectivity index (χ1) is 10.7. The lowest BCUT2D eigenvalue weighted by Crippen LogP contribution is -2.37. The van der Waals surface area contributed by atoms with Crippen LogP contribution in [0.1, 0.15) is 11.1 Å². The van der Waals surface area contributed by atoms with Crippen molar-refractivity contribution in [2.45, 2.75) is 12.6 Å². The van der Waals surface area contributed by atoms with E-state index in [1.807, 2.05) is 0 Å². The molecule has 128 valence electrons. The second kappa shape index (κ2) is 7.80. The molecule has 0 atom stereocenters. The highest BCUT2D eigenvalue weighted by molar-refractivity contribution is 5.81. The van der Waals surface area contributed by atoms with Gasteiger partial charge in [0.25, 0.3) is 6.08 Å². The molecule has 0 saturated heterocycles. The zero-order valence-electron chi connectivity index (χ0n) is 12.3. The lowest BCUT2D eigenvalue weighted by molar-refractivity contribution is -0.173. The van der Waals surface area contributed by atoms with Gasteiger partial charge in [0.15, 0.2) is 0 Å². The van der Waals surface area contributed by atoms with Crippen LogP contribution >= 0.6 is 0 Å². The second-order valence-corrected chi connectivity index (χ2v) is 4.34. The molecule has 0 fully saturated rings. The second-order valence-electron chi connectivity index (χ2n) is 4.34. The fourth-order valence-corrected chi connectivity index (χ4v) is 1.82. The Morgan fingerprint density at radius 3 is 2.26 bits per heavy atom. The molecule has 0 bridgehead atoms. The first kappa shape index (κ1) is 18.7. The van der Waals surface area contributed by atoms with Gasteiger partial charge in [0.2, 0.25) is 0 Å². The minimum Gasteiger partial charge on any atom is -0.496 e. The molecule has 1 aromatic carbocycles. The quantitative estimate of drug-likeness (QED) is 0.810. The molecule has 1 aromatic rings. The van der Waals surface area contributed by atoms with Crippen LogP contribution in [0.5, 0.6) is 11.5 Å². The Labute approximate surface area is 128 Å². The lowest BCUT2D eigenvalue weighted by atomic mass is 10.1. The van der Waals surface area contributed by atoms with Gasteiger partial charge in [-0.2, -0.15) is 22.0 Å². The molecule has 0 aliphatic heterocycles. The Morgan fingerprint density at radius 2 is 1.78 bits per heavy atom. The summed E-state index contributed by atoms with van der Waals surface area (Å²) in [5.41, 5.74) is 0.468. The smallest absolute Gasteiger partial charge is 0.471 e. The number of carbonyl (C=O) groups is 1.